The van der Waals surface area contributed by atoms with Crippen molar-refractivity contribution in [3.63, 3.8) is 0 Å². The summed E-state index contributed by atoms with van der Waals surface area (Å²) in [6, 6.07) is 4.50. The van der Waals surface area contributed by atoms with Gasteiger partial charge in [-0.1, -0.05) is 12.2 Å². The lowest BCUT2D eigenvalue weighted by molar-refractivity contribution is 1.21. The fourth-order valence-electron chi connectivity index (χ4n) is 1.81. The fraction of sp³-hybridized carbons (Fsp3) is 0.167. The van der Waals surface area contributed by atoms with Gasteiger partial charge in [-0.15, -0.1) is 22.7 Å². The molecular weight excluding hydrogens is 208 g/mol. The van der Waals surface area contributed by atoms with Crippen molar-refractivity contribution in [3.05, 3.63) is 46.2 Å². The van der Waals surface area contributed by atoms with Crippen LogP contribution in [0.2, 0.25) is 0 Å². The van der Waals surface area contributed by atoms with Crippen molar-refractivity contribution >= 4 is 22.7 Å². The second-order valence-corrected chi connectivity index (χ2v) is 5.26. The Balaban J connectivity index is 2.25. The first-order valence-corrected chi connectivity index (χ1v) is 6.49. The Hall–Kier alpha value is -0.860. The highest BCUT2D eigenvalue weighted by molar-refractivity contribution is 7.20. The van der Waals surface area contributed by atoms with E-state index in [4.69, 9.17) is 0 Å². The van der Waals surface area contributed by atoms with Crippen LogP contribution in [0.5, 0.6) is 0 Å². The van der Waals surface area contributed by atoms with Crippen molar-refractivity contribution in [1.82, 2.24) is 0 Å². The van der Waals surface area contributed by atoms with E-state index in [0.29, 0.717) is 0 Å². The third kappa shape index (κ3) is 1.26. The van der Waals surface area contributed by atoms with Gasteiger partial charge in [0.15, 0.2) is 0 Å². The molecule has 0 unspecified atom stereocenters. The molecular formula is C12H10S2. The molecule has 0 spiro atoms. The molecule has 0 radical (unpaired) electrons. The van der Waals surface area contributed by atoms with Gasteiger partial charge in [0, 0.05) is 9.75 Å². The van der Waals surface area contributed by atoms with Crippen LogP contribution in [0, 0.1) is 0 Å². The van der Waals surface area contributed by atoms with Gasteiger partial charge in [-0.25, -0.2) is 0 Å². The lowest BCUT2D eigenvalue weighted by Crippen LogP contribution is -1.88. The van der Waals surface area contributed by atoms with E-state index in [1.165, 1.54) is 20.9 Å². The molecule has 1 aliphatic carbocycles. The van der Waals surface area contributed by atoms with E-state index in [2.05, 4.69) is 35.0 Å². The Bertz CT molecular complexity index is 430. The summed E-state index contributed by atoms with van der Waals surface area (Å²) in [5, 5.41) is 4.40. The van der Waals surface area contributed by atoms with Gasteiger partial charge in [-0.05, 0) is 46.9 Å². The summed E-state index contributed by atoms with van der Waals surface area (Å²) >= 11 is 3.74. The van der Waals surface area contributed by atoms with Crippen LogP contribution >= 0.6 is 22.7 Å². The van der Waals surface area contributed by atoms with Gasteiger partial charge in [-0.2, -0.15) is 0 Å². The van der Waals surface area contributed by atoms with Gasteiger partial charge in [0.25, 0.3) is 0 Å². The largest absolute Gasteiger partial charge is 0.143 e. The molecule has 0 atom stereocenters. The summed E-state index contributed by atoms with van der Waals surface area (Å²) in [7, 11) is 0. The van der Waals surface area contributed by atoms with E-state index in [1.54, 1.807) is 0 Å². The van der Waals surface area contributed by atoms with Crippen molar-refractivity contribution < 1.29 is 0 Å². The third-order valence-corrected chi connectivity index (χ3v) is 4.62. The maximum Gasteiger partial charge on any atom is 0.0480 e. The van der Waals surface area contributed by atoms with Crippen LogP contribution in [0.3, 0.4) is 0 Å². The van der Waals surface area contributed by atoms with Crippen LogP contribution in [0.4, 0.5) is 0 Å². The van der Waals surface area contributed by atoms with Crippen molar-refractivity contribution in [1.29, 1.82) is 0 Å². The van der Waals surface area contributed by atoms with Crippen molar-refractivity contribution in [2.45, 2.75) is 12.8 Å². The Kier molecular flexibility index (Phi) is 2.03. The lowest BCUT2D eigenvalue weighted by Gasteiger charge is -2.05. The molecule has 2 aromatic heterocycles. The molecule has 14 heavy (non-hydrogen) atoms. The normalized spacial score (nSPS) is 16.6. The molecule has 0 aliphatic heterocycles. The first-order valence-electron chi connectivity index (χ1n) is 4.73. The van der Waals surface area contributed by atoms with E-state index < -0.39 is 0 Å². The Morgan fingerprint density at radius 2 is 1.29 bits per heavy atom. The van der Waals surface area contributed by atoms with Crippen molar-refractivity contribution in [3.8, 4) is 9.75 Å². The van der Waals surface area contributed by atoms with Gasteiger partial charge in [0.1, 0.15) is 0 Å². The molecule has 0 saturated carbocycles. The predicted molar refractivity (Wildman–Crippen MR) is 64.2 cm³/mol. The number of allylic oxidation sites excluding steroid dienone is 2. The zero-order valence-electron chi connectivity index (χ0n) is 7.69. The number of rotatable bonds is 0. The molecule has 2 aromatic rings. The molecule has 0 bridgehead atoms. The minimum absolute atomic E-state index is 1.09. The Morgan fingerprint density at radius 1 is 0.786 bits per heavy atom. The van der Waals surface area contributed by atoms with Crippen molar-refractivity contribution in [2.75, 3.05) is 0 Å². The molecule has 0 saturated heterocycles. The molecule has 2 heterocycles. The van der Waals surface area contributed by atoms with Crippen LogP contribution in [-0.4, -0.2) is 0 Å². The summed E-state index contributed by atoms with van der Waals surface area (Å²) in [5.74, 6) is 0. The summed E-state index contributed by atoms with van der Waals surface area (Å²) in [6.45, 7) is 0. The fourth-order valence-corrected chi connectivity index (χ4v) is 3.92. The molecule has 0 N–H and O–H groups in total. The van der Waals surface area contributed by atoms with Crippen molar-refractivity contribution in [2.24, 2.45) is 0 Å². The summed E-state index contributed by atoms with van der Waals surface area (Å²) in [6.07, 6.45) is 6.75. The minimum atomic E-state index is 1.09. The summed E-state index contributed by atoms with van der Waals surface area (Å²) < 4.78 is 0. The minimum Gasteiger partial charge on any atom is -0.143 e. The average molecular weight is 218 g/mol. The van der Waals surface area contributed by atoms with E-state index in [0.717, 1.165) is 12.8 Å². The van der Waals surface area contributed by atoms with E-state index in [1.807, 2.05) is 22.7 Å². The molecule has 0 nitrogen and oxygen atoms in total. The number of thiophene rings is 2. The highest BCUT2D eigenvalue weighted by Gasteiger charge is 2.12. The average Bonchev–Trinajstić information content (AvgIpc) is 2.75. The van der Waals surface area contributed by atoms with Gasteiger partial charge >= 0.3 is 0 Å². The van der Waals surface area contributed by atoms with Gasteiger partial charge < -0.3 is 0 Å². The van der Waals surface area contributed by atoms with E-state index in [9.17, 15) is 0 Å². The molecule has 0 fully saturated rings. The Morgan fingerprint density at radius 3 is 1.79 bits per heavy atom. The summed E-state index contributed by atoms with van der Waals surface area (Å²) in [5.41, 5.74) is 2.96. The topological polar surface area (TPSA) is 0 Å². The Labute approximate surface area is 91.5 Å². The summed E-state index contributed by atoms with van der Waals surface area (Å²) in [4.78, 5) is 2.97. The van der Waals surface area contributed by atoms with Gasteiger partial charge in [0.05, 0.1) is 0 Å². The third-order valence-electron chi connectivity index (χ3n) is 2.54. The standard InChI is InChI=1S/C12H10S2/c1-2-4-10-6-8-14-12(10)11-9(3-1)5-7-13-11/h1-2,5-8H,3-4H2/b2-1+. The predicted octanol–water partition coefficient (Wildman–Crippen LogP) is 4.13. The molecule has 1 aliphatic rings. The quantitative estimate of drug-likeness (QED) is 0.583. The SMILES string of the molecule is C1=C/Cc2ccsc2-c2sccc2C/1. The number of hydrogen-bond acceptors (Lipinski definition) is 2. The molecule has 70 valence electrons. The molecule has 2 heteroatoms. The van der Waals surface area contributed by atoms with Crippen LogP contribution in [0.25, 0.3) is 9.75 Å². The van der Waals surface area contributed by atoms with E-state index in [-0.39, 0.29) is 0 Å². The number of hydrogen-bond donors (Lipinski definition) is 0. The molecule has 0 aromatic carbocycles. The van der Waals surface area contributed by atoms with Gasteiger partial charge in [0.2, 0.25) is 0 Å². The lowest BCUT2D eigenvalue weighted by atomic mass is 10.0. The van der Waals surface area contributed by atoms with Crippen LogP contribution in [-0.2, 0) is 12.8 Å². The maximum atomic E-state index is 2.28. The number of fused-ring (bicyclic) bond motifs is 3. The van der Waals surface area contributed by atoms with Crippen LogP contribution < -0.4 is 0 Å². The second-order valence-electron chi connectivity index (χ2n) is 3.43. The monoisotopic (exact) mass is 218 g/mol. The highest BCUT2D eigenvalue weighted by Crippen LogP contribution is 2.37. The second kappa shape index (κ2) is 3.37. The molecule has 3 rings (SSSR count). The van der Waals surface area contributed by atoms with Crippen LogP contribution in [0.1, 0.15) is 11.1 Å². The smallest absolute Gasteiger partial charge is 0.0480 e. The zero-order valence-corrected chi connectivity index (χ0v) is 9.33. The van der Waals surface area contributed by atoms with E-state index >= 15 is 0 Å². The maximum absolute atomic E-state index is 2.28. The first kappa shape index (κ1) is 8.45. The zero-order chi connectivity index (χ0) is 9.38. The van der Waals surface area contributed by atoms with Gasteiger partial charge in [-0.3, -0.25) is 0 Å². The highest BCUT2D eigenvalue weighted by atomic mass is 32.1. The first-order chi connectivity index (χ1) is 6.95. The van der Waals surface area contributed by atoms with Crippen LogP contribution in [0.15, 0.2) is 35.0 Å². The molecule has 0 amide bonds.